The van der Waals surface area contributed by atoms with Crippen molar-refractivity contribution in [2.24, 2.45) is 0 Å². The highest BCUT2D eigenvalue weighted by atomic mass is 35.5. The lowest BCUT2D eigenvalue weighted by Gasteiger charge is -2.09. The molecular formula is C14H17ClO5S. The largest absolute Gasteiger partial charge is 0.491 e. The quantitative estimate of drug-likeness (QED) is 0.740. The zero-order valence-corrected chi connectivity index (χ0v) is 13.2. The van der Waals surface area contributed by atoms with Crippen LogP contribution in [0.15, 0.2) is 24.3 Å². The third-order valence-electron chi connectivity index (χ3n) is 2.54. The van der Waals surface area contributed by atoms with E-state index in [1.54, 1.807) is 25.1 Å². The molecular weight excluding hydrogens is 316 g/mol. The van der Waals surface area contributed by atoms with Crippen molar-refractivity contribution in [3.63, 3.8) is 0 Å². The predicted molar refractivity (Wildman–Crippen MR) is 82.6 cm³/mol. The second-order valence-electron chi connectivity index (χ2n) is 4.36. The second-order valence-corrected chi connectivity index (χ2v) is 7.07. The minimum Gasteiger partial charge on any atom is -0.491 e. The van der Waals surface area contributed by atoms with Crippen LogP contribution < -0.4 is 4.74 Å². The Labute approximate surface area is 129 Å². The topological polar surface area (TPSA) is 80.7 Å². The summed E-state index contributed by atoms with van der Waals surface area (Å²) < 4.78 is 28.4. The first-order chi connectivity index (χ1) is 9.84. The van der Waals surface area contributed by atoms with Gasteiger partial charge in [-0.25, -0.2) is 13.2 Å². The summed E-state index contributed by atoms with van der Waals surface area (Å²) in [6.45, 7) is 1.84. The number of rotatable bonds is 8. The first-order valence-corrected chi connectivity index (χ1v) is 8.58. The Bertz CT molecular complexity index is 622. The number of halogens is 1. The summed E-state index contributed by atoms with van der Waals surface area (Å²) >= 11 is 6.00. The summed E-state index contributed by atoms with van der Waals surface area (Å²) in [6.07, 6.45) is 2.99. The highest BCUT2D eigenvalue weighted by molar-refractivity contribution is 7.91. The van der Waals surface area contributed by atoms with Crippen LogP contribution in [-0.2, 0) is 14.6 Å². The Morgan fingerprint density at radius 3 is 2.67 bits per heavy atom. The van der Waals surface area contributed by atoms with Crippen LogP contribution in [0.4, 0.5) is 0 Å². The molecule has 0 radical (unpaired) electrons. The average Bonchev–Trinajstić information content (AvgIpc) is 2.38. The standard InChI is InChI=1S/C14H17ClO5S/c1-2-8-21(18,19)9-7-20-13-5-3-11(10-12(13)15)4-6-14(16)17/h3-6,10H,2,7-9H2,1H3,(H,16,17)/b6-4+. The third kappa shape index (κ3) is 6.64. The third-order valence-corrected chi connectivity index (χ3v) is 4.66. The molecule has 0 spiro atoms. The van der Waals surface area contributed by atoms with Gasteiger partial charge in [-0.15, -0.1) is 0 Å². The number of hydrogen-bond donors (Lipinski definition) is 1. The molecule has 0 fully saturated rings. The van der Waals surface area contributed by atoms with E-state index in [9.17, 15) is 13.2 Å². The van der Waals surface area contributed by atoms with Gasteiger partial charge in [0.25, 0.3) is 0 Å². The molecule has 1 aromatic carbocycles. The molecule has 116 valence electrons. The molecule has 0 unspecified atom stereocenters. The molecule has 0 heterocycles. The van der Waals surface area contributed by atoms with Crippen molar-refractivity contribution >= 4 is 33.5 Å². The van der Waals surface area contributed by atoms with Crippen LogP contribution in [0, 0.1) is 0 Å². The Kier molecular flexibility index (Phi) is 6.71. The zero-order chi connectivity index (χ0) is 15.9. The van der Waals surface area contributed by atoms with Gasteiger partial charge in [-0.3, -0.25) is 0 Å². The fraction of sp³-hybridized carbons (Fsp3) is 0.357. The minimum atomic E-state index is -3.09. The van der Waals surface area contributed by atoms with Crippen LogP contribution >= 0.6 is 11.6 Å². The summed E-state index contributed by atoms with van der Waals surface area (Å²) in [5.74, 6) is -0.593. The molecule has 1 rings (SSSR count). The lowest BCUT2D eigenvalue weighted by atomic mass is 10.2. The SMILES string of the molecule is CCCS(=O)(=O)CCOc1ccc(/C=C/C(=O)O)cc1Cl. The van der Waals surface area contributed by atoms with Crippen molar-refractivity contribution in [1.29, 1.82) is 0 Å². The van der Waals surface area contributed by atoms with E-state index in [1.165, 1.54) is 6.08 Å². The first-order valence-electron chi connectivity index (χ1n) is 6.38. The van der Waals surface area contributed by atoms with Gasteiger partial charge in [0.05, 0.1) is 16.5 Å². The van der Waals surface area contributed by atoms with Crippen LogP contribution in [-0.4, -0.2) is 37.6 Å². The summed E-state index contributed by atoms with van der Waals surface area (Å²) in [5, 5.41) is 8.83. The van der Waals surface area contributed by atoms with Crippen molar-refractivity contribution in [3.05, 3.63) is 34.9 Å². The van der Waals surface area contributed by atoms with Gasteiger partial charge >= 0.3 is 5.97 Å². The van der Waals surface area contributed by atoms with Crippen LogP contribution in [0.25, 0.3) is 6.08 Å². The van der Waals surface area contributed by atoms with Crippen molar-refractivity contribution in [2.75, 3.05) is 18.1 Å². The van der Waals surface area contributed by atoms with Gasteiger partial charge in [0.2, 0.25) is 0 Å². The van der Waals surface area contributed by atoms with E-state index in [0.717, 1.165) is 6.08 Å². The van der Waals surface area contributed by atoms with E-state index in [4.69, 9.17) is 21.4 Å². The maximum atomic E-state index is 11.5. The highest BCUT2D eigenvalue weighted by Gasteiger charge is 2.10. The van der Waals surface area contributed by atoms with E-state index in [2.05, 4.69) is 0 Å². The van der Waals surface area contributed by atoms with Gasteiger partial charge in [-0.2, -0.15) is 0 Å². The Balaban J connectivity index is 2.63. The monoisotopic (exact) mass is 332 g/mol. The number of benzene rings is 1. The normalized spacial score (nSPS) is 11.7. The van der Waals surface area contributed by atoms with Gasteiger partial charge < -0.3 is 9.84 Å². The molecule has 0 atom stereocenters. The smallest absolute Gasteiger partial charge is 0.328 e. The summed E-state index contributed by atoms with van der Waals surface area (Å²) in [6, 6.07) is 4.77. The van der Waals surface area contributed by atoms with E-state index in [-0.39, 0.29) is 18.1 Å². The number of aliphatic carboxylic acids is 1. The fourth-order valence-corrected chi connectivity index (χ4v) is 3.00. The van der Waals surface area contributed by atoms with E-state index < -0.39 is 15.8 Å². The minimum absolute atomic E-state index is 0.0341. The lowest BCUT2D eigenvalue weighted by molar-refractivity contribution is -0.131. The van der Waals surface area contributed by atoms with Gasteiger partial charge in [0, 0.05) is 6.08 Å². The molecule has 0 aliphatic rings. The molecule has 7 heteroatoms. The number of ether oxygens (including phenoxy) is 1. The molecule has 0 saturated carbocycles. The maximum absolute atomic E-state index is 11.5. The average molecular weight is 333 g/mol. The van der Waals surface area contributed by atoms with E-state index in [0.29, 0.717) is 22.8 Å². The van der Waals surface area contributed by atoms with Crippen LogP contribution in [0.3, 0.4) is 0 Å². The molecule has 1 aromatic rings. The number of sulfone groups is 1. The van der Waals surface area contributed by atoms with Crippen molar-refractivity contribution in [1.82, 2.24) is 0 Å². The number of carboxylic acid groups (broad SMARTS) is 1. The van der Waals surface area contributed by atoms with Crippen molar-refractivity contribution < 1.29 is 23.1 Å². The Morgan fingerprint density at radius 1 is 1.38 bits per heavy atom. The van der Waals surface area contributed by atoms with Gasteiger partial charge in [-0.1, -0.05) is 24.6 Å². The van der Waals surface area contributed by atoms with Gasteiger partial charge in [-0.05, 0) is 30.2 Å². The van der Waals surface area contributed by atoms with E-state index >= 15 is 0 Å². The molecule has 5 nitrogen and oxygen atoms in total. The lowest BCUT2D eigenvalue weighted by Crippen LogP contribution is -2.16. The van der Waals surface area contributed by atoms with Crippen molar-refractivity contribution in [3.8, 4) is 5.75 Å². The molecule has 1 N–H and O–H groups in total. The van der Waals surface area contributed by atoms with Gasteiger partial charge in [0.1, 0.15) is 12.4 Å². The number of carbonyl (C=O) groups is 1. The molecule has 21 heavy (non-hydrogen) atoms. The molecule has 0 aliphatic heterocycles. The molecule has 0 bridgehead atoms. The van der Waals surface area contributed by atoms with Crippen LogP contribution in [0.2, 0.25) is 5.02 Å². The molecule has 0 aromatic heterocycles. The Hall–Kier alpha value is -1.53. The first kappa shape index (κ1) is 17.5. The molecule has 0 saturated heterocycles. The summed E-state index contributed by atoms with van der Waals surface area (Å²) in [7, 11) is -3.09. The maximum Gasteiger partial charge on any atom is 0.328 e. The highest BCUT2D eigenvalue weighted by Crippen LogP contribution is 2.26. The van der Waals surface area contributed by atoms with Gasteiger partial charge in [0.15, 0.2) is 9.84 Å². The second kappa shape index (κ2) is 8.05. The van der Waals surface area contributed by atoms with Crippen molar-refractivity contribution in [2.45, 2.75) is 13.3 Å². The zero-order valence-electron chi connectivity index (χ0n) is 11.6. The number of hydrogen-bond acceptors (Lipinski definition) is 4. The van der Waals surface area contributed by atoms with Crippen LogP contribution in [0.5, 0.6) is 5.75 Å². The molecule has 0 aliphatic carbocycles. The summed E-state index contributed by atoms with van der Waals surface area (Å²) in [5.41, 5.74) is 0.619. The predicted octanol–water partition coefficient (Wildman–Crippen LogP) is 2.64. The van der Waals surface area contributed by atoms with Crippen LogP contribution in [0.1, 0.15) is 18.9 Å². The number of carboxylic acids is 1. The molecule has 0 amide bonds. The fourth-order valence-electron chi connectivity index (χ4n) is 1.60. The Morgan fingerprint density at radius 2 is 2.10 bits per heavy atom. The van der Waals surface area contributed by atoms with E-state index in [1.807, 2.05) is 0 Å². The summed E-state index contributed by atoms with van der Waals surface area (Å²) in [4.78, 5) is 10.4.